The minimum Gasteiger partial charge on any atom is -0.382 e. The number of rotatable bonds is 8. The fraction of sp³-hybridized carbons (Fsp3) is 0.406. The maximum absolute atomic E-state index is 13.7. The number of ether oxygens (including phenoxy) is 2. The summed E-state index contributed by atoms with van der Waals surface area (Å²) in [4.78, 5) is 2.25. The largest absolute Gasteiger partial charge is 0.416 e. The lowest BCUT2D eigenvalue weighted by Gasteiger charge is -2.51. The molecule has 0 aromatic heterocycles. The fourth-order valence-electron chi connectivity index (χ4n) is 6.61. The zero-order chi connectivity index (χ0) is 30.1. The van der Waals surface area contributed by atoms with Gasteiger partial charge in [0.25, 0.3) is 0 Å². The molecule has 0 saturated carbocycles. The Balaban J connectivity index is 1.61. The van der Waals surface area contributed by atoms with Gasteiger partial charge in [-0.1, -0.05) is 60.7 Å². The Kier molecular flexibility index (Phi) is 8.39. The zero-order valence-electron chi connectivity index (χ0n) is 22.8. The summed E-state index contributed by atoms with van der Waals surface area (Å²) in [5.41, 5.74) is -2.04. The molecule has 2 fully saturated rings. The van der Waals surface area contributed by atoms with Crippen molar-refractivity contribution in [3.63, 3.8) is 0 Å². The van der Waals surface area contributed by atoms with Gasteiger partial charge in [0.2, 0.25) is 0 Å². The van der Waals surface area contributed by atoms with Gasteiger partial charge in [0.05, 0.1) is 41.4 Å². The molecule has 42 heavy (non-hydrogen) atoms. The number of fused-ring (bicyclic) bond motifs is 2. The van der Waals surface area contributed by atoms with Crippen molar-refractivity contribution in [2.24, 2.45) is 5.92 Å². The van der Waals surface area contributed by atoms with Crippen LogP contribution in [0.5, 0.6) is 0 Å². The van der Waals surface area contributed by atoms with Gasteiger partial charge in [0.1, 0.15) is 6.10 Å². The Labute approximate surface area is 240 Å². The van der Waals surface area contributed by atoms with Gasteiger partial charge < -0.3 is 9.47 Å². The molecule has 0 N–H and O–H groups in total. The molecular formula is C32H30F6N2O2. The first kappa shape index (κ1) is 30.1. The molecule has 10 heteroatoms. The van der Waals surface area contributed by atoms with E-state index in [1.807, 2.05) is 60.7 Å². The third-order valence-electron chi connectivity index (χ3n) is 8.43. The van der Waals surface area contributed by atoms with Crippen molar-refractivity contribution in [3.05, 3.63) is 107 Å². The molecule has 4 nitrogen and oxygen atoms in total. The van der Waals surface area contributed by atoms with Crippen molar-refractivity contribution in [1.82, 2.24) is 4.90 Å². The molecule has 2 heterocycles. The van der Waals surface area contributed by atoms with Crippen LogP contribution in [-0.4, -0.2) is 30.8 Å². The van der Waals surface area contributed by atoms with E-state index in [0.29, 0.717) is 37.9 Å². The zero-order valence-corrected chi connectivity index (χ0v) is 22.8. The Morgan fingerprint density at radius 2 is 1.50 bits per heavy atom. The van der Waals surface area contributed by atoms with Gasteiger partial charge in [-0.25, -0.2) is 0 Å². The van der Waals surface area contributed by atoms with Crippen LogP contribution in [0.2, 0.25) is 0 Å². The predicted molar refractivity (Wildman–Crippen MR) is 143 cm³/mol. The highest BCUT2D eigenvalue weighted by atomic mass is 19.4. The first-order chi connectivity index (χ1) is 20.0. The highest BCUT2D eigenvalue weighted by Crippen LogP contribution is 2.55. The molecule has 0 aliphatic carbocycles. The fourth-order valence-corrected chi connectivity index (χ4v) is 6.61. The number of hydrogen-bond donors (Lipinski definition) is 0. The number of halogens is 6. The number of methoxy groups -OCH3 is 1. The Bertz CT molecular complexity index is 1370. The van der Waals surface area contributed by atoms with Gasteiger partial charge in [0.15, 0.2) is 0 Å². The lowest BCUT2D eigenvalue weighted by Crippen LogP contribution is -2.57. The van der Waals surface area contributed by atoms with E-state index < -0.39 is 41.2 Å². The highest BCUT2D eigenvalue weighted by molar-refractivity contribution is 5.36. The maximum atomic E-state index is 13.7. The molecule has 222 valence electrons. The summed E-state index contributed by atoms with van der Waals surface area (Å²) in [5, 5.41) is 10.2. The number of hydrogen-bond acceptors (Lipinski definition) is 4. The number of alkyl halides is 6. The van der Waals surface area contributed by atoms with Gasteiger partial charge >= 0.3 is 12.4 Å². The van der Waals surface area contributed by atoms with E-state index >= 15 is 0 Å². The number of benzene rings is 3. The van der Waals surface area contributed by atoms with Crippen LogP contribution in [0.25, 0.3) is 0 Å². The van der Waals surface area contributed by atoms with Crippen molar-refractivity contribution in [1.29, 1.82) is 5.26 Å². The number of nitrogens with zero attached hydrogens (tertiary/aromatic N) is 2. The maximum Gasteiger partial charge on any atom is 0.416 e. The van der Waals surface area contributed by atoms with Crippen LogP contribution in [0, 0.1) is 17.2 Å². The SMILES string of the molecule is COCC(OC1CCC2C(C#N)CC1(c1ccccc1)N2Cc1ccccc1)c1cc(C(F)(F)F)cc(C(F)(F)F)c1. The van der Waals surface area contributed by atoms with E-state index in [4.69, 9.17) is 9.47 Å². The van der Waals surface area contributed by atoms with Gasteiger partial charge in [-0.2, -0.15) is 31.6 Å². The Hall–Kier alpha value is -3.39. The van der Waals surface area contributed by atoms with E-state index in [1.54, 1.807) is 0 Å². The van der Waals surface area contributed by atoms with Crippen LogP contribution in [0.1, 0.15) is 53.2 Å². The summed E-state index contributed by atoms with van der Waals surface area (Å²) in [6.07, 6.45) is -10.4. The quantitative estimate of drug-likeness (QED) is 0.251. The van der Waals surface area contributed by atoms with Crippen molar-refractivity contribution in [2.75, 3.05) is 13.7 Å². The summed E-state index contributed by atoms with van der Waals surface area (Å²) in [6.45, 7) is 0.235. The summed E-state index contributed by atoms with van der Waals surface area (Å²) in [6, 6.07) is 23.1. The van der Waals surface area contributed by atoms with Crippen molar-refractivity contribution >= 4 is 0 Å². The average Bonchev–Trinajstić information content (AvgIpc) is 3.17. The summed E-state index contributed by atoms with van der Waals surface area (Å²) < 4.78 is 94.1. The van der Waals surface area contributed by atoms with Gasteiger partial charge in [-0.3, -0.25) is 4.90 Å². The van der Waals surface area contributed by atoms with Crippen molar-refractivity contribution in [3.8, 4) is 6.07 Å². The second-order valence-corrected chi connectivity index (χ2v) is 10.9. The summed E-state index contributed by atoms with van der Waals surface area (Å²) in [7, 11) is 1.32. The molecule has 5 atom stereocenters. The smallest absolute Gasteiger partial charge is 0.382 e. The minimum absolute atomic E-state index is 0.0958. The molecule has 0 amide bonds. The summed E-state index contributed by atoms with van der Waals surface area (Å²) in [5.74, 6) is -0.339. The van der Waals surface area contributed by atoms with E-state index in [9.17, 15) is 31.6 Å². The standard InChI is InChI=1S/C32H30F6N2O2/c1-41-20-28(22-14-25(31(33,34)35)16-26(15-22)32(36,37)38)42-29-13-12-27-23(18-39)17-30(29,24-10-6-3-7-11-24)40(27)19-21-8-4-2-5-9-21/h2-11,14-16,23,27-29H,12-13,17,19-20H2,1H3. The molecule has 2 aliphatic heterocycles. The van der Waals surface area contributed by atoms with Crippen LogP contribution in [-0.2, 0) is 33.9 Å². The summed E-state index contributed by atoms with van der Waals surface area (Å²) >= 11 is 0. The Morgan fingerprint density at radius 3 is 2.05 bits per heavy atom. The normalized spacial score (nSPS) is 25.2. The monoisotopic (exact) mass is 588 g/mol. The Morgan fingerprint density at radius 1 is 0.905 bits per heavy atom. The van der Waals surface area contributed by atoms with Crippen molar-refractivity contribution in [2.45, 2.75) is 61.9 Å². The molecule has 5 unspecified atom stereocenters. The van der Waals surface area contributed by atoms with E-state index in [-0.39, 0.29) is 30.2 Å². The number of nitriles is 1. The molecule has 2 aliphatic rings. The minimum atomic E-state index is -4.99. The van der Waals surface area contributed by atoms with E-state index in [2.05, 4.69) is 11.0 Å². The molecule has 2 bridgehead atoms. The first-order valence-electron chi connectivity index (χ1n) is 13.7. The van der Waals surface area contributed by atoms with Crippen LogP contribution in [0.15, 0.2) is 78.9 Å². The second kappa shape index (κ2) is 11.7. The molecule has 3 aromatic carbocycles. The van der Waals surface area contributed by atoms with Gasteiger partial charge in [0, 0.05) is 19.7 Å². The molecule has 0 spiro atoms. The molecule has 0 radical (unpaired) electrons. The molecular weight excluding hydrogens is 558 g/mol. The van der Waals surface area contributed by atoms with Crippen LogP contribution >= 0.6 is 0 Å². The van der Waals surface area contributed by atoms with Crippen LogP contribution in [0.4, 0.5) is 26.3 Å². The van der Waals surface area contributed by atoms with Crippen LogP contribution < -0.4 is 0 Å². The van der Waals surface area contributed by atoms with Crippen LogP contribution in [0.3, 0.4) is 0 Å². The third-order valence-corrected chi connectivity index (χ3v) is 8.43. The lowest BCUT2D eigenvalue weighted by atomic mass is 9.78. The van der Waals surface area contributed by atoms with E-state index in [0.717, 1.165) is 11.1 Å². The van der Waals surface area contributed by atoms with Crippen molar-refractivity contribution < 1.29 is 35.8 Å². The average molecular weight is 589 g/mol. The molecule has 5 rings (SSSR count). The first-order valence-corrected chi connectivity index (χ1v) is 13.7. The highest BCUT2D eigenvalue weighted by Gasteiger charge is 2.60. The molecule has 3 aromatic rings. The lowest BCUT2D eigenvalue weighted by molar-refractivity contribution is -0.148. The van der Waals surface area contributed by atoms with Gasteiger partial charge in [-0.05, 0) is 54.2 Å². The second-order valence-electron chi connectivity index (χ2n) is 10.9. The third kappa shape index (κ3) is 5.78. The predicted octanol–water partition coefficient (Wildman–Crippen LogP) is 7.90. The topological polar surface area (TPSA) is 45.5 Å². The van der Waals surface area contributed by atoms with Gasteiger partial charge in [-0.15, -0.1) is 0 Å². The van der Waals surface area contributed by atoms with E-state index in [1.165, 1.54) is 7.11 Å². The number of piperidine rings is 1. The molecule has 2 saturated heterocycles.